The van der Waals surface area contributed by atoms with Crippen molar-refractivity contribution in [2.24, 2.45) is 0 Å². The molecule has 3 unspecified atom stereocenters. The maximum atomic E-state index is 9.73. The van der Waals surface area contributed by atoms with Gasteiger partial charge < -0.3 is 14.9 Å². The number of hydrogen-bond donors (Lipinski definition) is 2. The van der Waals surface area contributed by atoms with Crippen LogP contribution in [0, 0.1) is 6.92 Å². The smallest absolute Gasteiger partial charge is 0.165 e. The number of nitrogens with zero attached hydrogens (tertiary/aromatic N) is 4. The predicted octanol–water partition coefficient (Wildman–Crippen LogP) is -0.225. The van der Waals surface area contributed by atoms with E-state index in [1.807, 2.05) is 6.92 Å². The Morgan fingerprint density at radius 1 is 1.44 bits per heavy atom. The fourth-order valence-corrected chi connectivity index (χ4v) is 2.23. The standard InChI is InChI=1S/C11H14N4O3/c1-6-10-11(13-4-12-6)15(5-14-10)9-2-7(17)8(3-16)18-9/h4-5,7-9,16-17H,2-3H2,1H3. The molecule has 18 heavy (non-hydrogen) atoms. The highest BCUT2D eigenvalue weighted by Crippen LogP contribution is 2.30. The van der Waals surface area contributed by atoms with E-state index < -0.39 is 12.2 Å². The van der Waals surface area contributed by atoms with Crippen molar-refractivity contribution in [2.45, 2.75) is 31.8 Å². The Labute approximate surface area is 103 Å². The molecule has 96 valence electrons. The predicted molar refractivity (Wildman–Crippen MR) is 61.7 cm³/mol. The third-order valence-corrected chi connectivity index (χ3v) is 3.24. The van der Waals surface area contributed by atoms with E-state index in [1.165, 1.54) is 6.33 Å². The number of aromatic nitrogens is 4. The van der Waals surface area contributed by atoms with Gasteiger partial charge in [-0.05, 0) is 6.92 Å². The van der Waals surface area contributed by atoms with Crippen molar-refractivity contribution in [1.29, 1.82) is 0 Å². The lowest BCUT2D eigenvalue weighted by Gasteiger charge is -2.13. The number of aliphatic hydroxyl groups excluding tert-OH is 2. The molecule has 7 heteroatoms. The lowest BCUT2D eigenvalue weighted by molar-refractivity contribution is -0.0432. The van der Waals surface area contributed by atoms with Crippen molar-refractivity contribution in [3.05, 3.63) is 18.3 Å². The van der Waals surface area contributed by atoms with Gasteiger partial charge in [-0.25, -0.2) is 15.0 Å². The number of rotatable bonds is 2. The highest BCUT2D eigenvalue weighted by Gasteiger charge is 2.35. The summed E-state index contributed by atoms with van der Waals surface area (Å²) >= 11 is 0. The molecule has 7 nitrogen and oxygen atoms in total. The van der Waals surface area contributed by atoms with E-state index in [0.29, 0.717) is 12.1 Å². The Morgan fingerprint density at radius 3 is 3.00 bits per heavy atom. The van der Waals surface area contributed by atoms with Gasteiger partial charge in [-0.3, -0.25) is 4.57 Å². The van der Waals surface area contributed by atoms with Crippen LogP contribution in [0.15, 0.2) is 12.7 Å². The van der Waals surface area contributed by atoms with Gasteiger partial charge in [0.15, 0.2) is 5.65 Å². The second-order valence-electron chi connectivity index (χ2n) is 4.40. The molecule has 0 aliphatic carbocycles. The lowest BCUT2D eigenvalue weighted by Crippen LogP contribution is -2.24. The minimum absolute atomic E-state index is 0.196. The first kappa shape index (κ1) is 11.5. The molecule has 3 heterocycles. The van der Waals surface area contributed by atoms with Gasteiger partial charge in [0.1, 0.15) is 24.2 Å². The van der Waals surface area contributed by atoms with E-state index in [2.05, 4.69) is 15.0 Å². The molecule has 2 aromatic heterocycles. The molecule has 0 spiro atoms. The number of hydrogen-bond acceptors (Lipinski definition) is 6. The SMILES string of the molecule is Cc1ncnc2c1ncn2C1CC(O)C(CO)O1. The van der Waals surface area contributed by atoms with Gasteiger partial charge >= 0.3 is 0 Å². The summed E-state index contributed by atoms with van der Waals surface area (Å²) < 4.78 is 7.34. The number of ether oxygens (including phenoxy) is 1. The second-order valence-corrected chi connectivity index (χ2v) is 4.40. The summed E-state index contributed by atoms with van der Waals surface area (Å²) in [7, 11) is 0. The second kappa shape index (κ2) is 4.27. The maximum absolute atomic E-state index is 9.73. The number of aryl methyl sites for hydroxylation is 1. The maximum Gasteiger partial charge on any atom is 0.165 e. The van der Waals surface area contributed by atoms with Gasteiger partial charge in [0, 0.05) is 6.42 Å². The molecule has 0 bridgehead atoms. The largest absolute Gasteiger partial charge is 0.394 e. The van der Waals surface area contributed by atoms with Crippen LogP contribution in [0.4, 0.5) is 0 Å². The molecule has 0 amide bonds. The van der Waals surface area contributed by atoms with Gasteiger partial charge in [0.25, 0.3) is 0 Å². The summed E-state index contributed by atoms with van der Waals surface area (Å²) in [5.74, 6) is 0. The summed E-state index contributed by atoms with van der Waals surface area (Å²) in [6, 6.07) is 0. The van der Waals surface area contributed by atoms with Crippen LogP contribution in [0.3, 0.4) is 0 Å². The first-order chi connectivity index (χ1) is 8.70. The van der Waals surface area contributed by atoms with E-state index in [0.717, 1.165) is 11.2 Å². The van der Waals surface area contributed by atoms with Crippen molar-refractivity contribution < 1.29 is 14.9 Å². The molecule has 2 aromatic rings. The van der Waals surface area contributed by atoms with Gasteiger partial charge in [-0.15, -0.1) is 0 Å². The average molecular weight is 250 g/mol. The Kier molecular flexibility index (Phi) is 2.73. The third kappa shape index (κ3) is 1.67. The molecule has 1 saturated heterocycles. The van der Waals surface area contributed by atoms with Crippen LogP contribution >= 0.6 is 0 Å². The summed E-state index contributed by atoms with van der Waals surface area (Å²) in [4.78, 5) is 12.5. The summed E-state index contributed by atoms with van der Waals surface area (Å²) in [6.45, 7) is 1.67. The highest BCUT2D eigenvalue weighted by atomic mass is 16.5. The van der Waals surface area contributed by atoms with Crippen LogP contribution in [0.2, 0.25) is 0 Å². The zero-order chi connectivity index (χ0) is 12.7. The zero-order valence-electron chi connectivity index (χ0n) is 9.89. The fraction of sp³-hybridized carbons (Fsp3) is 0.545. The monoisotopic (exact) mass is 250 g/mol. The van der Waals surface area contributed by atoms with Gasteiger partial charge in [-0.2, -0.15) is 0 Å². The van der Waals surface area contributed by atoms with Crippen LogP contribution in [-0.4, -0.2) is 48.5 Å². The third-order valence-electron chi connectivity index (χ3n) is 3.24. The van der Waals surface area contributed by atoms with E-state index in [-0.39, 0.29) is 12.8 Å². The van der Waals surface area contributed by atoms with Crippen LogP contribution < -0.4 is 0 Å². The van der Waals surface area contributed by atoms with E-state index in [9.17, 15) is 5.11 Å². The van der Waals surface area contributed by atoms with Gasteiger partial charge in [0.05, 0.1) is 24.7 Å². The molecule has 0 aromatic carbocycles. The summed E-state index contributed by atoms with van der Waals surface area (Å²) in [6.07, 6.45) is 1.96. The molecule has 1 aliphatic heterocycles. The van der Waals surface area contributed by atoms with Crippen molar-refractivity contribution in [2.75, 3.05) is 6.61 Å². The van der Waals surface area contributed by atoms with E-state index in [1.54, 1.807) is 10.9 Å². The number of fused-ring (bicyclic) bond motifs is 1. The Hall–Kier alpha value is -1.57. The topological polar surface area (TPSA) is 93.3 Å². The first-order valence-electron chi connectivity index (χ1n) is 5.79. The van der Waals surface area contributed by atoms with Crippen molar-refractivity contribution in [3.8, 4) is 0 Å². The number of imidazole rings is 1. The minimum atomic E-state index is -0.666. The van der Waals surface area contributed by atoms with Gasteiger partial charge in [-0.1, -0.05) is 0 Å². The van der Waals surface area contributed by atoms with Gasteiger partial charge in [0.2, 0.25) is 0 Å². The Morgan fingerprint density at radius 2 is 2.28 bits per heavy atom. The average Bonchev–Trinajstić information content (AvgIpc) is 2.93. The molecule has 3 atom stereocenters. The van der Waals surface area contributed by atoms with Crippen LogP contribution in [-0.2, 0) is 4.74 Å². The van der Waals surface area contributed by atoms with E-state index in [4.69, 9.17) is 9.84 Å². The molecule has 1 fully saturated rings. The van der Waals surface area contributed by atoms with Crippen LogP contribution in [0.5, 0.6) is 0 Å². The van der Waals surface area contributed by atoms with Crippen LogP contribution in [0.1, 0.15) is 18.3 Å². The summed E-state index contributed by atoms with van der Waals surface area (Å²) in [5.41, 5.74) is 2.21. The number of aliphatic hydroxyl groups is 2. The zero-order valence-corrected chi connectivity index (χ0v) is 9.89. The highest BCUT2D eigenvalue weighted by molar-refractivity contribution is 5.72. The Bertz CT molecular complexity index is 570. The molecule has 2 N–H and O–H groups in total. The fourth-order valence-electron chi connectivity index (χ4n) is 2.23. The first-order valence-corrected chi connectivity index (χ1v) is 5.79. The van der Waals surface area contributed by atoms with Crippen LogP contribution in [0.25, 0.3) is 11.2 Å². The quantitative estimate of drug-likeness (QED) is 0.765. The lowest BCUT2D eigenvalue weighted by atomic mass is 10.2. The molecular formula is C11H14N4O3. The normalized spacial score (nSPS) is 28.1. The Balaban J connectivity index is 1.99. The van der Waals surface area contributed by atoms with E-state index >= 15 is 0 Å². The molecule has 0 saturated carbocycles. The molecule has 0 radical (unpaired) electrons. The molecular weight excluding hydrogens is 236 g/mol. The molecule has 3 rings (SSSR count). The van der Waals surface area contributed by atoms with Crippen molar-refractivity contribution in [1.82, 2.24) is 19.5 Å². The van der Waals surface area contributed by atoms with Crippen molar-refractivity contribution >= 4 is 11.2 Å². The summed E-state index contributed by atoms with van der Waals surface area (Å²) in [5, 5.41) is 18.8. The van der Waals surface area contributed by atoms with Crippen molar-refractivity contribution in [3.63, 3.8) is 0 Å². The molecule has 1 aliphatic rings. The minimum Gasteiger partial charge on any atom is -0.394 e.